The van der Waals surface area contributed by atoms with E-state index in [1.54, 1.807) is 6.33 Å². The smallest absolute Gasteiger partial charge is 0.224 e. The van der Waals surface area contributed by atoms with Crippen molar-refractivity contribution in [2.24, 2.45) is 0 Å². The average Bonchev–Trinajstić information content (AvgIpc) is 2.99. The van der Waals surface area contributed by atoms with E-state index in [9.17, 15) is 0 Å². The number of fused-ring (bicyclic) bond motifs is 1. The molecule has 3 aromatic rings. The number of aromatic nitrogens is 4. The van der Waals surface area contributed by atoms with E-state index in [2.05, 4.69) is 67.0 Å². The van der Waals surface area contributed by atoms with Crippen LogP contribution in [0.1, 0.15) is 18.9 Å². The number of imidazole rings is 1. The summed E-state index contributed by atoms with van der Waals surface area (Å²) in [4.78, 5) is 20.9. The molecule has 0 bridgehead atoms. The molecule has 7 heteroatoms. The van der Waals surface area contributed by atoms with Crippen LogP contribution in [0, 0.1) is 0 Å². The van der Waals surface area contributed by atoms with Gasteiger partial charge in [-0.25, -0.2) is 4.98 Å². The van der Waals surface area contributed by atoms with E-state index in [0.29, 0.717) is 11.7 Å². The molecule has 3 N–H and O–H groups in total. The molecule has 2 aromatic heterocycles. The molecule has 1 unspecified atom stereocenters. The van der Waals surface area contributed by atoms with Gasteiger partial charge in [-0.3, -0.25) is 4.90 Å². The van der Waals surface area contributed by atoms with E-state index in [-0.39, 0.29) is 5.95 Å². The van der Waals surface area contributed by atoms with E-state index >= 15 is 0 Å². The maximum atomic E-state index is 5.89. The summed E-state index contributed by atoms with van der Waals surface area (Å²) in [6, 6.07) is 11.0. The fraction of sp³-hybridized carbons (Fsp3) is 0.389. The fourth-order valence-electron chi connectivity index (χ4n) is 3.59. The van der Waals surface area contributed by atoms with Gasteiger partial charge in [0.25, 0.3) is 0 Å². The largest absolute Gasteiger partial charge is 0.368 e. The van der Waals surface area contributed by atoms with Crippen LogP contribution in [0.4, 0.5) is 11.8 Å². The van der Waals surface area contributed by atoms with Crippen molar-refractivity contribution in [2.75, 3.05) is 30.3 Å². The predicted molar refractivity (Wildman–Crippen MR) is 99.2 cm³/mol. The quantitative estimate of drug-likeness (QED) is 0.760. The lowest BCUT2D eigenvalue weighted by atomic mass is 10.2. The molecule has 4 rings (SSSR count). The van der Waals surface area contributed by atoms with E-state index in [4.69, 9.17) is 5.73 Å². The van der Waals surface area contributed by atoms with Crippen molar-refractivity contribution in [3.8, 4) is 0 Å². The van der Waals surface area contributed by atoms with Crippen LogP contribution in [0.5, 0.6) is 0 Å². The number of nitrogens with one attached hydrogen (secondary N) is 1. The van der Waals surface area contributed by atoms with E-state index in [0.717, 1.165) is 43.9 Å². The molecular weight excluding hydrogens is 314 g/mol. The highest BCUT2D eigenvalue weighted by Gasteiger charge is 2.25. The first kappa shape index (κ1) is 15.8. The number of H-pyrrole nitrogens is 1. The monoisotopic (exact) mass is 337 g/mol. The normalized spacial score (nSPS) is 19.2. The molecule has 25 heavy (non-hydrogen) atoms. The minimum atomic E-state index is 0.271. The summed E-state index contributed by atoms with van der Waals surface area (Å²) in [7, 11) is 0. The predicted octanol–water partition coefficient (Wildman–Crippen LogP) is 2.04. The molecule has 1 saturated heterocycles. The number of benzene rings is 1. The molecule has 3 heterocycles. The van der Waals surface area contributed by atoms with Crippen molar-refractivity contribution in [1.82, 2.24) is 24.8 Å². The Labute approximate surface area is 146 Å². The summed E-state index contributed by atoms with van der Waals surface area (Å²) in [5.41, 5.74) is 8.73. The zero-order valence-corrected chi connectivity index (χ0v) is 14.4. The number of hydrogen-bond donors (Lipinski definition) is 2. The molecule has 1 aromatic carbocycles. The van der Waals surface area contributed by atoms with Gasteiger partial charge in [-0.1, -0.05) is 30.3 Å². The molecular formula is C18H23N7. The Kier molecular flexibility index (Phi) is 4.23. The summed E-state index contributed by atoms with van der Waals surface area (Å²) in [5.74, 6) is 1.13. The minimum absolute atomic E-state index is 0.271. The lowest BCUT2D eigenvalue weighted by Gasteiger charge is -2.30. The van der Waals surface area contributed by atoms with Gasteiger partial charge in [-0.2, -0.15) is 9.97 Å². The average molecular weight is 337 g/mol. The summed E-state index contributed by atoms with van der Waals surface area (Å²) in [6.45, 7) is 6.21. The Balaban J connectivity index is 1.57. The highest BCUT2D eigenvalue weighted by Crippen LogP contribution is 2.26. The Morgan fingerprint density at radius 3 is 2.88 bits per heavy atom. The van der Waals surface area contributed by atoms with Gasteiger partial charge < -0.3 is 15.6 Å². The summed E-state index contributed by atoms with van der Waals surface area (Å²) < 4.78 is 0. The molecule has 0 radical (unpaired) electrons. The summed E-state index contributed by atoms with van der Waals surface area (Å²) in [5, 5.41) is 0. The maximum Gasteiger partial charge on any atom is 0.224 e. The minimum Gasteiger partial charge on any atom is -0.368 e. The van der Waals surface area contributed by atoms with Crippen LogP contribution in [-0.2, 0) is 6.54 Å². The molecule has 130 valence electrons. The van der Waals surface area contributed by atoms with Gasteiger partial charge in [0.2, 0.25) is 5.95 Å². The van der Waals surface area contributed by atoms with Crippen molar-refractivity contribution < 1.29 is 0 Å². The van der Waals surface area contributed by atoms with Crippen LogP contribution in [0.25, 0.3) is 11.2 Å². The number of anilines is 2. The van der Waals surface area contributed by atoms with Gasteiger partial charge >= 0.3 is 0 Å². The van der Waals surface area contributed by atoms with Crippen molar-refractivity contribution in [2.45, 2.75) is 25.9 Å². The van der Waals surface area contributed by atoms with Crippen LogP contribution in [-0.4, -0.2) is 50.5 Å². The van der Waals surface area contributed by atoms with E-state index in [1.165, 1.54) is 5.56 Å². The third-order valence-corrected chi connectivity index (χ3v) is 4.73. The number of rotatable bonds is 3. The zero-order valence-electron chi connectivity index (χ0n) is 14.4. The van der Waals surface area contributed by atoms with Crippen LogP contribution >= 0.6 is 0 Å². The molecule has 1 fully saturated rings. The molecule has 1 aliphatic heterocycles. The summed E-state index contributed by atoms with van der Waals surface area (Å²) in [6.07, 6.45) is 2.73. The number of nitrogen functional groups attached to an aromatic ring is 1. The van der Waals surface area contributed by atoms with Crippen LogP contribution in [0.3, 0.4) is 0 Å². The Morgan fingerprint density at radius 2 is 2.04 bits per heavy atom. The maximum absolute atomic E-state index is 5.89. The van der Waals surface area contributed by atoms with Gasteiger partial charge in [0.15, 0.2) is 11.5 Å². The lowest BCUT2D eigenvalue weighted by Crippen LogP contribution is -2.39. The number of nitrogens with zero attached hydrogens (tertiary/aromatic N) is 5. The number of nitrogens with two attached hydrogens (primary N) is 1. The molecule has 0 spiro atoms. The summed E-state index contributed by atoms with van der Waals surface area (Å²) >= 11 is 0. The van der Waals surface area contributed by atoms with Crippen molar-refractivity contribution >= 4 is 22.9 Å². The highest BCUT2D eigenvalue weighted by molar-refractivity contribution is 5.84. The third-order valence-electron chi connectivity index (χ3n) is 4.73. The van der Waals surface area contributed by atoms with Crippen molar-refractivity contribution in [3.63, 3.8) is 0 Å². The second-order valence-corrected chi connectivity index (χ2v) is 6.62. The standard InChI is InChI=1S/C18H23N7/c1-13-10-24(11-14-6-3-2-4-7-14)8-5-9-25(13)17-15-16(21-12-20-15)22-18(19)23-17/h2-4,6-7,12-13H,5,8-11H2,1H3,(H3,19,20,21,22,23). The van der Waals surface area contributed by atoms with Gasteiger partial charge in [0.1, 0.15) is 5.52 Å². The van der Waals surface area contributed by atoms with Crippen molar-refractivity contribution in [3.05, 3.63) is 42.2 Å². The molecule has 0 aliphatic carbocycles. The first-order chi connectivity index (χ1) is 12.2. The molecule has 7 nitrogen and oxygen atoms in total. The van der Waals surface area contributed by atoms with E-state index < -0.39 is 0 Å². The number of aromatic amines is 1. The first-order valence-electron chi connectivity index (χ1n) is 8.70. The zero-order chi connectivity index (χ0) is 17.2. The van der Waals surface area contributed by atoms with Crippen molar-refractivity contribution in [1.29, 1.82) is 0 Å². The van der Waals surface area contributed by atoms with Crippen LogP contribution in [0.2, 0.25) is 0 Å². The van der Waals surface area contributed by atoms with E-state index in [1.807, 2.05) is 0 Å². The van der Waals surface area contributed by atoms with Crippen LogP contribution < -0.4 is 10.6 Å². The molecule has 0 saturated carbocycles. The van der Waals surface area contributed by atoms with Gasteiger partial charge in [0.05, 0.1) is 6.33 Å². The van der Waals surface area contributed by atoms with Gasteiger partial charge in [0, 0.05) is 32.2 Å². The topological polar surface area (TPSA) is 87.0 Å². The Hall–Kier alpha value is -2.67. The molecule has 1 atom stereocenters. The van der Waals surface area contributed by atoms with Gasteiger partial charge in [-0.05, 0) is 18.9 Å². The van der Waals surface area contributed by atoms with Crippen LogP contribution in [0.15, 0.2) is 36.7 Å². The third kappa shape index (κ3) is 3.28. The Bertz CT molecular complexity index is 845. The second kappa shape index (κ2) is 6.68. The molecule has 0 amide bonds. The second-order valence-electron chi connectivity index (χ2n) is 6.62. The highest BCUT2D eigenvalue weighted by atomic mass is 15.3. The number of hydrogen-bond acceptors (Lipinski definition) is 6. The first-order valence-corrected chi connectivity index (χ1v) is 8.70. The molecule has 1 aliphatic rings. The van der Waals surface area contributed by atoms with Gasteiger partial charge in [-0.15, -0.1) is 0 Å². The SMILES string of the molecule is CC1CN(Cc2ccccc2)CCCN1c1nc(N)nc2nc[nH]c12. The fourth-order valence-corrected chi connectivity index (χ4v) is 3.59. The lowest BCUT2D eigenvalue weighted by molar-refractivity contribution is 0.268. The Morgan fingerprint density at radius 1 is 1.20 bits per heavy atom.